The molecule has 4 heteroatoms. The maximum atomic E-state index is 11.2. The predicted molar refractivity (Wildman–Crippen MR) is 123 cm³/mol. The summed E-state index contributed by atoms with van der Waals surface area (Å²) in [5, 5.41) is 18.5. The minimum atomic E-state index is -0.591. The largest absolute Gasteiger partial charge is 0.481 e. The third-order valence-electron chi connectivity index (χ3n) is 7.75. The summed E-state index contributed by atoms with van der Waals surface area (Å²) in [6.07, 6.45) is 16.5. The molecular formula is C27H40O4. The highest BCUT2D eigenvalue weighted by atomic mass is 16.4. The summed E-state index contributed by atoms with van der Waals surface area (Å²) in [4.78, 5) is 22.4. The Balaban J connectivity index is 1.28. The number of carbonyl (C=O) groups is 2. The summed E-state index contributed by atoms with van der Waals surface area (Å²) in [5.41, 5.74) is 3.53. The molecule has 172 valence electrons. The summed E-state index contributed by atoms with van der Waals surface area (Å²) in [7, 11) is 0. The highest BCUT2D eigenvalue weighted by Crippen LogP contribution is 2.50. The van der Waals surface area contributed by atoms with E-state index in [1.165, 1.54) is 42.4 Å². The Labute approximate surface area is 187 Å². The van der Waals surface area contributed by atoms with Crippen molar-refractivity contribution < 1.29 is 19.8 Å². The lowest BCUT2D eigenvalue weighted by Crippen LogP contribution is -2.14. The molecule has 2 fully saturated rings. The van der Waals surface area contributed by atoms with Crippen LogP contribution < -0.4 is 0 Å². The fourth-order valence-corrected chi connectivity index (χ4v) is 4.87. The van der Waals surface area contributed by atoms with Gasteiger partial charge in [0.25, 0.3) is 0 Å². The molecule has 0 unspecified atom stereocenters. The smallest absolute Gasteiger partial charge is 0.309 e. The van der Waals surface area contributed by atoms with Gasteiger partial charge in [0.15, 0.2) is 0 Å². The predicted octanol–water partition coefficient (Wildman–Crippen LogP) is 6.71. The Morgan fingerprint density at radius 3 is 1.71 bits per heavy atom. The second-order valence-corrected chi connectivity index (χ2v) is 10.3. The Kier molecular flexibility index (Phi) is 8.18. The van der Waals surface area contributed by atoms with E-state index in [1.807, 2.05) is 0 Å². The van der Waals surface area contributed by atoms with E-state index in [9.17, 15) is 19.8 Å². The van der Waals surface area contributed by atoms with Crippen LogP contribution in [0.1, 0.15) is 107 Å². The van der Waals surface area contributed by atoms with E-state index >= 15 is 0 Å². The normalized spacial score (nSPS) is 18.0. The molecule has 2 aliphatic carbocycles. The first-order valence-electron chi connectivity index (χ1n) is 12.4. The van der Waals surface area contributed by atoms with E-state index in [4.69, 9.17) is 0 Å². The zero-order valence-corrected chi connectivity index (χ0v) is 19.3. The number of unbranched alkanes of at least 4 members (excludes halogenated alkanes) is 6. The van der Waals surface area contributed by atoms with E-state index in [-0.39, 0.29) is 10.8 Å². The fourth-order valence-electron chi connectivity index (χ4n) is 4.87. The van der Waals surface area contributed by atoms with Gasteiger partial charge in [-0.25, -0.2) is 0 Å². The summed E-state index contributed by atoms with van der Waals surface area (Å²) in [5.74, 6) is -1.18. The number of benzene rings is 1. The summed E-state index contributed by atoms with van der Waals surface area (Å²) >= 11 is 0. The number of hydrogen-bond acceptors (Lipinski definition) is 2. The fraction of sp³-hybridized carbons (Fsp3) is 0.704. The molecule has 0 bridgehead atoms. The highest BCUT2D eigenvalue weighted by molar-refractivity contribution is 5.78. The first-order chi connectivity index (χ1) is 14.9. The van der Waals surface area contributed by atoms with Crippen LogP contribution in [0.3, 0.4) is 0 Å². The van der Waals surface area contributed by atoms with Crippen molar-refractivity contribution in [2.75, 3.05) is 0 Å². The van der Waals surface area contributed by atoms with Crippen LogP contribution in [-0.4, -0.2) is 22.2 Å². The summed E-state index contributed by atoms with van der Waals surface area (Å²) in [6, 6.07) is 6.88. The maximum Gasteiger partial charge on any atom is 0.309 e. The molecule has 1 aromatic carbocycles. The van der Waals surface area contributed by atoms with Gasteiger partial charge < -0.3 is 10.2 Å². The lowest BCUT2D eigenvalue weighted by molar-refractivity contribution is -0.144. The van der Waals surface area contributed by atoms with Crippen molar-refractivity contribution in [3.8, 4) is 0 Å². The summed E-state index contributed by atoms with van der Waals surface area (Å²) < 4.78 is 0. The molecule has 2 saturated carbocycles. The van der Waals surface area contributed by atoms with Gasteiger partial charge in [-0.1, -0.05) is 56.7 Å². The highest BCUT2D eigenvalue weighted by Gasteiger charge is 2.49. The Bertz CT molecular complexity index is 758. The molecule has 0 radical (unpaired) electrons. The molecule has 0 aromatic heterocycles. The average Bonchev–Trinajstić information content (AvgIpc) is 3.65. The molecule has 0 saturated heterocycles. The molecular weight excluding hydrogens is 388 g/mol. The van der Waals surface area contributed by atoms with Gasteiger partial charge in [-0.15, -0.1) is 0 Å². The van der Waals surface area contributed by atoms with Gasteiger partial charge in [0.1, 0.15) is 0 Å². The molecule has 0 amide bonds. The lowest BCUT2D eigenvalue weighted by atomic mass is 9.95. The van der Waals surface area contributed by atoms with E-state index in [0.29, 0.717) is 0 Å². The molecule has 2 N–H and O–H groups in total. The number of carboxylic acid groups (broad SMARTS) is 2. The molecule has 1 aromatic rings. The zero-order valence-electron chi connectivity index (χ0n) is 19.3. The van der Waals surface area contributed by atoms with Crippen LogP contribution >= 0.6 is 0 Å². The minimum absolute atomic E-state index is 0.360. The third-order valence-corrected chi connectivity index (χ3v) is 7.75. The van der Waals surface area contributed by atoms with Crippen molar-refractivity contribution in [1.82, 2.24) is 0 Å². The van der Waals surface area contributed by atoms with Crippen molar-refractivity contribution in [1.29, 1.82) is 0 Å². The third kappa shape index (κ3) is 6.82. The Morgan fingerprint density at radius 2 is 1.23 bits per heavy atom. The Hall–Kier alpha value is -1.84. The molecule has 0 atom stereocenters. The van der Waals surface area contributed by atoms with Gasteiger partial charge in [0, 0.05) is 0 Å². The van der Waals surface area contributed by atoms with Gasteiger partial charge in [-0.3, -0.25) is 9.59 Å². The van der Waals surface area contributed by atoms with E-state index in [2.05, 4.69) is 25.1 Å². The van der Waals surface area contributed by atoms with Crippen molar-refractivity contribution in [3.05, 3.63) is 34.9 Å². The van der Waals surface area contributed by atoms with Crippen LogP contribution in [0, 0.1) is 17.8 Å². The van der Waals surface area contributed by atoms with Gasteiger partial charge in [-0.05, 0) is 87.8 Å². The number of rotatable bonds is 16. The minimum Gasteiger partial charge on any atom is -0.481 e. The van der Waals surface area contributed by atoms with Crippen LogP contribution in [0.5, 0.6) is 0 Å². The summed E-state index contributed by atoms with van der Waals surface area (Å²) in [6.45, 7) is 2.19. The van der Waals surface area contributed by atoms with Crippen molar-refractivity contribution in [3.63, 3.8) is 0 Å². The number of aliphatic carboxylic acids is 2. The number of hydrogen-bond donors (Lipinski definition) is 2. The van der Waals surface area contributed by atoms with Gasteiger partial charge >= 0.3 is 11.9 Å². The van der Waals surface area contributed by atoms with Crippen LogP contribution in [0.15, 0.2) is 18.2 Å². The monoisotopic (exact) mass is 428 g/mol. The number of carboxylic acids is 2. The van der Waals surface area contributed by atoms with Crippen LogP contribution in [0.2, 0.25) is 0 Å². The van der Waals surface area contributed by atoms with Crippen molar-refractivity contribution in [2.45, 2.75) is 110 Å². The topological polar surface area (TPSA) is 74.6 Å². The Morgan fingerprint density at radius 1 is 0.742 bits per heavy atom. The molecule has 4 nitrogen and oxygen atoms in total. The zero-order chi connectivity index (χ0) is 22.3. The standard InChI is InChI=1S/C27H40O4/c1-21-12-13-22(10-6-2-4-8-14-26(16-17-26)24(28)29)20-23(21)11-7-3-5-9-15-27(18-19-27)25(30)31/h12-13,20H,2-11,14-19H2,1H3,(H,28,29)(H,30,31). The van der Waals surface area contributed by atoms with Crippen LogP contribution in [0.4, 0.5) is 0 Å². The molecule has 31 heavy (non-hydrogen) atoms. The maximum absolute atomic E-state index is 11.2. The van der Waals surface area contributed by atoms with E-state index in [0.717, 1.165) is 77.0 Å². The van der Waals surface area contributed by atoms with Gasteiger partial charge in [0.05, 0.1) is 10.8 Å². The van der Waals surface area contributed by atoms with E-state index in [1.54, 1.807) is 0 Å². The van der Waals surface area contributed by atoms with Gasteiger partial charge in [0.2, 0.25) is 0 Å². The SMILES string of the molecule is Cc1ccc(CCCCCCC2(C(=O)O)CC2)cc1CCCCCCC1(C(=O)O)CC1. The average molecular weight is 429 g/mol. The van der Waals surface area contributed by atoms with Crippen LogP contribution in [0.25, 0.3) is 0 Å². The first kappa shape index (κ1) is 23.8. The second-order valence-electron chi connectivity index (χ2n) is 10.3. The lowest BCUT2D eigenvalue weighted by Gasteiger charge is -2.11. The molecule has 0 heterocycles. The molecule has 2 aliphatic rings. The van der Waals surface area contributed by atoms with Crippen molar-refractivity contribution >= 4 is 11.9 Å². The molecule has 0 spiro atoms. The van der Waals surface area contributed by atoms with Crippen LogP contribution in [-0.2, 0) is 22.4 Å². The van der Waals surface area contributed by atoms with Gasteiger partial charge in [-0.2, -0.15) is 0 Å². The second kappa shape index (κ2) is 10.7. The van der Waals surface area contributed by atoms with E-state index < -0.39 is 11.9 Å². The molecule has 0 aliphatic heterocycles. The quantitative estimate of drug-likeness (QED) is 0.287. The first-order valence-corrected chi connectivity index (χ1v) is 12.4. The van der Waals surface area contributed by atoms with Crippen molar-refractivity contribution in [2.24, 2.45) is 10.8 Å². The molecule has 3 rings (SSSR count). The number of aryl methyl sites for hydroxylation is 3.